The first-order valence-corrected chi connectivity index (χ1v) is 9.37. The van der Waals surface area contributed by atoms with Crippen LogP contribution in [0.25, 0.3) is 21.8 Å². The van der Waals surface area contributed by atoms with E-state index in [2.05, 4.69) is 37.5 Å². The van der Waals surface area contributed by atoms with E-state index in [1.54, 1.807) is 0 Å². The smallest absolute Gasteiger partial charge is 0.150 e. The number of aromatic nitrogens is 1. The fraction of sp³-hybridized carbons (Fsp3) is 0.348. The molecule has 26 heavy (non-hydrogen) atoms. The summed E-state index contributed by atoms with van der Waals surface area (Å²) in [6.07, 6.45) is 4.14. The average Bonchev–Trinajstić information content (AvgIpc) is 2.98. The number of allylic oxidation sites excluding steroid dienone is 1. The maximum Gasteiger partial charge on any atom is 0.150 e. The summed E-state index contributed by atoms with van der Waals surface area (Å²) in [7, 11) is 0. The second kappa shape index (κ2) is 5.23. The molecule has 1 fully saturated rings. The van der Waals surface area contributed by atoms with E-state index >= 15 is 0 Å². The van der Waals surface area contributed by atoms with Crippen LogP contribution in [-0.2, 0) is 0 Å². The van der Waals surface area contributed by atoms with Gasteiger partial charge in [0, 0.05) is 27.4 Å². The Hall–Kier alpha value is -2.55. The number of hydrogen-bond acceptors (Lipinski definition) is 2. The fourth-order valence-corrected chi connectivity index (χ4v) is 5.14. The van der Waals surface area contributed by atoms with Gasteiger partial charge in [-0.2, -0.15) is 0 Å². The van der Waals surface area contributed by atoms with Gasteiger partial charge in [-0.3, -0.25) is 4.79 Å². The minimum absolute atomic E-state index is 0.0754. The number of fused-ring (bicyclic) bond motifs is 8. The topological polar surface area (TPSA) is 42.1 Å². The van der Waals surface area contributed by atoms with Crippen molar-refractivity contribution in [3.05, 3.63) is 53.6 Å². The summed E-state index contributed by atoms with van der Waals surface area (Å²) in [5.74, 6) is 1.93. The molecular formula is C23H23NO2. The van der Waals surface area contributed by atoms with Crippen molar-refractivity contribution < 1.29 is 9.53 Å². The molecule has 1 aliphatic carbocycles. The first kappa shape index (κ1) is 15.7. The van der Waals surface area contributed by atoms with Gasteiger partial charge in [0.25, 0.3) is 0 Å². The molecule has 3 atom stereocenters. The van der Waals surface area contributed by atoms with Crippen LogP contribution >= 0.6 is 0 Å². The van der Waals surface area contributed by atoms with E-state index in [1.165, 1.54) is 16.5 Å². The Morgan fingerprint density at radius 3 is 2.92 bits per heavy atom. The second-order valence-electron chi connectivity index (χ2n) is 8.30. The van der Waals surface area contributed by atoms with Crippen molar-refractivity contribution >= 4 is 28.1 Å². The third-order valence-electron chi connectivity index (χ3n) is 6.42. The molecule has 0 spiro atoms. The Labute approximate surface area is 153 Å². The van der Waals surface area contributed by atoms with Crippen molar-refractivity contribution in [3.8, 4) is 5.75 Å². The van der Waals surface area contributed by atoms with Crippen molar-refractivity contribution in [2.75, 3.05) is 0 Å². The van der Waals surface area contributed by atoms with Gasteiger partial charge in [0.2, 0.25) is 0 Å². The molecule has 1 saturated carbocycles. The van der Waals surface area contributed by atoms with Gasteiger partial charge >= 0.3 is 0 Å². The highest BCUT2D eigenvalue weighted by Gasteiger charge is 2.46. The van der Waals surface area contributed by atoms with Gasteiger partial charge in [-0.25, -0.2) is 0 Å². The van der Waals surface area contributed by atoms with E-state index in [0.29, 0.717) is 17.4 Å². The van der Waals surface area contributed by atoms with E-state index in [0.717, 1.165) is 47.7 Å². The SMILES string of the molecule is C=C(C)C1CCC2(C)CC1c1c(ccc3c1[nH]c1ccc(C=O)cc13)O2. The molecule has 1 N–H and O–H groups in total. The summed E-state index contributed by atoms with van der Waals surface area (Å²) in [6.45, 7) is 8.67. The van der Waals surface area contributed by atoms with E-state index in [-0.39, 0.29) is 5.60 Å². The van der Waals surface area contributed by atoms with Crippen LogP contribution in [0, 0.1) is 5.92 Å². The number of benzene rings is 2. The third-order valence-corrected chi connectivity index (χ3v) is 6.42. The number of aldehydes is 1. The highest BCUT2D eigenvalue weighted by atomic mass is 16.5. The van der Waals surface area contributed by atoms with Crippen molar-refractivity contribution in [3.63, 3.8) is 0 Å². The largest absolute Gasteiger partial charge is 0.487 e. The summed E-state index contributed by atoms with van der Waals surface area (Å²) in [5.41, 5.74) is 5.40. The molecule has 3 aromatic rings. The number of carbonyl (C=O) groups excluding carboxylic acids is 1. The zero-order valence-electron chi connectivity index (χ0n) is 15.3. The molecule has 3 unspecified atom stereocenters. The minimum atomic E-state index is -0.0754. The summed E-state index contributed by atoms with van der Waals surface area (Å²) < 4.78 is 6.46. The number of nitrogens with one attached hydrogen (secondary N) is 1. The number of ether oxygens (including phenoxy) is 1. The van der Waals surface area contributed by atoms with Crippen LogP contribution in [0.2, 0.25) is 0 Å². The maximum absolute atomic E-state index is 11.2. The standard InChI is InChI=1S/C23H23NO2/c1-13(2)15-8-9-23(3)11-18(15)21-20(26-23)7-5-16-17-10-14(12-25)4-6-19(17)24-22(16)21/h4-7,10,12,15,18,24H,1,8-9,11H2,2-3H3. The highest BCUT2D eigenvalue weighted by molar-refractivity contribution is 6.10. The molecule has 3 nitrogen and oxygen atoms in total. The van der Waals surface area contributed by atoms with Gasteiger partial charge in [-0.05, 0) is 75.3 Å². The zero-order chi connectivity index (χ0) is 18.1. The van der Waals surface area contributed by atoms with E-state index < -0.39 is 0 Å². The molecule has 2 aliphatic rings. The number of carbonyl (C=O) groups is 1. The molecule has 3 heteroatoms. The van der Waals surface area contributed by atoms with E-state index in [4.69, 9.17) is 4.74 Å². The summed E-state index contributed by atoms with van der Waals surface area (Å²) in [5, 5.41) is 2.27. The van der Waals surface area contributed by atoms with Gasteiger partial charge in [0.15, 0.2) is 0 Å². The van der Waals surface area contributed by atoms with E-state index in [9.17, 15) is 4.79 Å². The zero-order valence-corrected chi connectivity index (χ0v) is 15.3. The Kier molecular flexibility index (Phi) is 3.15. The monoisotopic (exact) mass is 345 g/mol. The predicted molar refractivity (Wildman–Crippen MR) is 105 cm³/mol. The minimum Gasteiger partial charge on any atom is -0.487 e. The molecule has 2 aromatic carbocycles. The lowest BCUT2D eigenvalue weighted by molar-refractivity contribution is 0.00798. The molecule has 2 heterocycles. The maximum atomic E-state index is 11.2. The molecule has 0 radical (unpaired) electrons. The van der Waals surface area contributed by atoms with Crippen LogP contribution in [0.4, 0.5) is 0 Å². The molecule has 0 amide bonds. The summed E-state index contributed by atoms with van der Waals surface area (Å²) >= 11 is 0. The summed E-state index contributed by atoms with van der Waals surface area (Å²) in [6, 6.07) is 10.1. The van der Waals surface area contributed by atoms with Gasteiger partial charge < -0.3 is 9.72 Å². The van der Waals surface area contributed by atoms with Crippen LogP contribution in [0.5, 0.6) is 5.75 Å². The van der Waals surface area contributed by atoms with Crippen molar-refractivity contribution in [2.45, 2.75) is 44.6 Å². The molecule has 2 bridgehead atoms. The van der Waals surface area contributed by atoms with Crippen LogP contribution < -0.4 is 4.74 Å². The Morgan fingerprint density at radius 1 is 1.31 bits per heavy atom. The second-order valence-corrected chi connectivity index (χ2v) is 8.30. The molecule has 5 rings (SSSR count). The number of hydrogen-bond donors (Lipinski definition) is 1. The van der Waals surface area contributed by atoms with Crippen LogP contribution in [0.15, 0.2) is 42.5 Å². The molecule has 132 valence electrons. The van der Waals surface area contributed by atoms with Crippen LogP contribution in [0.3, 0.4) is 0 Å². The van der Waals surface area contributed by atoms with Gasteiger partial charge in [0.05, 0.1) is 5.52 Å². The summed E-state index contributed by atoms with van der Waals surface area (Å²) in [4.78, 5) is 14.8. The van der Waals surface area contributed by atoms with Crippen LogP contribution in [-0.4, -0.2) is 16.9 Å². The van der Waals surface area contributed by atoms with Crippen LogP contribution in [0.1, 0.15) is 54.9 Å². The predicted octanol–water partition coefficient (Wildman–Crippen LogP) is 5.74. The first-order chi connectivity index (χ1) is 12.5. The third kappa shape index (κ3) is 2.09. The fourth-order valence-electron chi connectivity index (χ4n) is 5.14. The highest BCUT2D eigenvalue weighted by Crippen LogP contribution is 2.55. The normalized spacial score (nSPS) is 27.2. The van der Waals surface area contributed by atoms with Gasteiger partial charge in [-0.15, -0.1) is 0 Å². The number of aromatic amines is 1. The Bertz CT molecular complexity index is 1080. The number of rotatable bonds is 2. The molecule has 1 aromatic heterocycles. The lowest BCUT2D eigenvalue weighted by atomic mass is 9.65. The average molecular weight is 345 g/mol. The molecule has 1 aliphatic heterocycles. The molecule has 0 saturated heterocycles. The quantitative estimate of drug-likeness (QED) is 0.475. The van der Waals surface area contributed by atoms with E-state index in [1.807, 2.05) is 18.2 Å². The lowest BCUT2D eigenvalue weighted by Crippen LogP contribution is -2.44. The van der Waals surface area contributed by atoms with Crippen molar-refractivity contribution in [2.24, 2.45) is 5.92 Å². The van der Waals surface area contributed by atoms with Gasteiger partial charge in [-0.1, -0.05) is 12.2 Å². The van der Waals surface area contributed by atoms with Gasteiger partial charge in [0.1, 0.15) is 17.6 Å². The Balaban J connectivity index is 1.81. The Morgan fingerprint density at radius 2 is 2.15 bits per heavy atom. The first-order valence-electron chi connectivity index (χ1n) is 9.37. The lowest BCUT2D eigenvalue weighted by Gasteiger charge is -2.48. The number of H-pyrrole nitrogens is 1. The van der Waals surface area contributed by atoms with Crippen molar-refractivity contribution in [1.82, 2.24) is 4.98 Å². The molecular weight excluding hydrogens is 322 g/mol. The van der Waals surface area contributed by atoms with Crippen molar-refractivity contribution in [1.29, 1.82) is 0 Å².